The van der Waals surface area contributed by atoms with E-state index in [-0.39, 0.29) is 0 Å². The number of rotatable bonds is 2. The molecule has 3 rings (SSSR count). The lowest BCUT2D eigenvalue weighted by Gasteiger charge is -2.07. The van der Waals surface area contributed by atoms with Crippen LogP contribution in [0.2, 0.25) is 5.02 Å². The first-order valence-corrected chi connectivity index (χ1v) is 7.00. The molecule has 2 aromatic heterocycles. The quantitative estimate of drug-likeness (QED) is 0.709. The van der Waals surface area contributed by atoms with Crippen molar-refractivity contribution in [2.75, 3.05) is 0 Å². The first kappa shape index (κ1) is 12.5. The highest BCUT2D eigenvalue weighted by Gasteiger charge is 2.14. The van der Waals surface area contributed by atoms with Crippen molar-refractivity contribution in [2.24, 2.45) is 0 Å². The number of H-pyrrole nitrogens is 1. The van der Waals surface area contributed by atoms with Crippen LogP contribution in [-0.4, -0.2) is 14.8 Å². The Balaban J connectivity index is 2.26. The van der Waals surface area contributed by atoms with E-state index in [9.17, 15) is 4.39 Å². The van der Waals surface area contributed by atoms with Crippen molar-refractivity contribution < 1.29 is 4.39 Å². The molecule has 2 heterocycles. The van der Waals surface area contributed by atoms with Crippen LogP contribution in [-0.2, 0) is 0 Å². The third-order valence-electron chi connectivity index (χ3n) is 2.56. The third-order valence-corrected chi connectivity index (χ3v) is 3.94. The van der Waals surface area contributed by atoms with E-state index in [2.05, 4.69) is 10.2 Å². The summed E-state index contributed by atoms with van der Waals surface area (Å²) in [7, 11) is 0. The number of aromatic amines is 1. The molecule has 0 saturated heterocycles. The van der Waals surface area contributed by atoms with E-state index in [0.29, 0.717) is 21.3 Å². The summed E-state index contributed by atoms with van der Waals surface area (Å²) >= 11 is 12.4. The predicted molar refractivity (Wildman–Crippen MR) is 77.0 cm³/mol. The van der Waals surface area contributed by atoms with Crippen LogP contribution in [0.4, 0.5) is 4.39 Å². The van der Waals surface area contributed by atoms with Gasteiger partial charge in [-0.3, -0.25) is 9.67 Å². The minimum atomic E-state index is -0.442. The van der Waals surface area contributed by atoms with Gasteiger partial charge in [-0.2, -0.15) is 5.10 Å². The zero-order valence-electron chi connectivity index (χ0n) is 9.43. The van der Waals surface area contributed by atoms with Crippen molar-refractivity contribution in [3.05, 3.63) is 51.3 Å². The minimum absolute atomic E-state index is 0.326. The fourth-order valence-electron chi connectivity index (χ4n) is 1.75. The lowest BCUT2D eigenvalue weighted by molar-refractivity contribution is 0.618. The number of aromatic nitrogens is 3. The molecule has 0 saturated carbocycles. The van der Waals surface area contributed by atoms with Gasteiger partial charge in [-0.05, 0) is 41.9 Å². The van der Waals surface area contributed by atoms with Gasteiger partial charge in [0.1, 0.15) is 5.82 Å². The van der Waals surface area contributed by atoms with Crippen molar-refractivity contribution >= 4 is 35.2 Å². The Labute approximate surface area is 122 Å². The first-order chi connectivity index (χ1) is 9.16. The maximum atomic E-state index is 14.0. The molecule has 0 radical (unpaired) electrons. The van der Waals surface area contributed by atoms with Gasteiger partial charge in [-0.1, -0.05) is 17.7 Å². The Morgan fingerprint density at radius 3 is 2.89 bits per heavy atom. The Bertz CT molecular complexity index is 777. The van der Waals surface area contributed by atoms with E-state index >= 15 is 0 Å². The van der Waals surface area contributed by atoms with Gasteiger partial charge in [0, 0.05) is 5.02 Å². The van der Waals surface area contributed by atoms with Gasteiger partial charge < -0.3 is 0 Å². The molecule has 0 amide bonds. The highest BCUT2D eigenvalue weighted by molar-refractivity contribution is 7.71. The highest BCUT2D eigenvalue weighted by atomic mass is 35.5. The molecule has 0 unspecified atom stereocenters. The molecule has 3 nitrogen and oxygen atoms in total. The normalized spacial score (nSPS) is 10.8. The predicted octanol–water partition coefficient (Wildman–Crippen LogP) is 4.45. The zero-order chi connectivity index (χ0) is 13.4. The second kappa shape index (κ2) is 4.88. The fourth-order valence-corrected chi connectivity index (χ4v) is 2.85. The summed E-state index contributed by atoms with van der Waals surface area (Å²) < 4.78 is 15.9. The minimum Gasteiger partial charge on any atom is -0.264 e. The summed E-state index contributed by atoms with van der Waals surface area (Å²) in [5.41, 5.74) is 0.326. The van der Waals surface area contributed by atoms with Crippen LogP contribution < -0.4 is 0 Å². The van der Waals surface area contributed by atoms with Crippen LogP contribution in [0.1, 0.15) is 0 Å². The lowest BCUT2D eigenvalue weighted by atomic mass is 10.3. The molecule has 0 spiro atoms. The molecule has 0 atom stereocenters. The SMILES string of the molecule is Fc1cc(Cl)ccc1-n1c(-c2cccs2)n[nH]c1=S. The van der Waals surface area contributed by atoms with Crippen molar-refractivity contribution in [3.8, 4) is 16.4 Å². The number of thiophene rings is 1. The van der Waals surface area contributed by atoms with Gasteiger partial charge in [-0.25, -0.2) is 4.39 Å². The summed E-state index contributed by atoms with van der Waals surface area (Å²) in [6, 6.07) is 8.26. The molecule has 0 bridgehead atoms. The average Bonchev–Trinajstić information content (AvgIpc) is 2.99. The van der Waals surface area contributed by atoms with E-state index in [0.717, 1.165) is 4.88 Å². The van der Waals surface area contributed by atoms with E-state index in [1.165, 1.54) is 17.4 Å². The number of hydrogen-bond donors (Lipinski definition) is 1. The van der Waals surface area contributed by atoms with Crippen LogP contribution >= 0.6 is 35.2 Å². The summed E-state index contributed by atoms with van der Waals surface area (Å²) in [5, 5.41) is 9.11. The second-order valence-electron chi connectivity index (χ2n) is 3.76. The van der Waals surface area contributed by atoms with Gasteiger partial charge in [0.15, 0.2) is 10.6 Å². The van der Waals surface area contributed by atoms with E-state index < -0.39 is 5.82 Å². The lowest BCUT2D eigenvalue weighted by Crippen LogP contribution is -2.00. The molecule has 0 aliphatic heterocycles. The molecule has 19 heavy (non-hydrogen) atoms. The highest BCUT2D eigenvalue weighted by Crippen LogP contribution is 2.27. The molecule has 1 aromatic carbocycles. The van der Waals surface area contributed by atoms with E-state index in [4.69, 9.17) is 23.8 Å². The standard InChI is InChI=1S/C12H7ClFN3S2/c13-7-3-4-9(8(14)6-7)17-11(15-16-12(17)18)10-2-1-5-19-10/h1-6H,(H,16,18). The summed E-state index contributed by atoms with van der Waals surface area (Å²) in [5.74, 6) is 0.143. The molecular weight excluding hydrogens is 305 g/mol. The monoisotopic (exact) mass is 311 g/mol. The van der Waals surface area contributed by atoms with Gasteiger partial charge in [0.05, 0.1) is 10.6 Å². The van der Waals surface area contributed by atoms with E-state index in [1.807, 2.05) is 17.5 Å². The van der Waals surface area contributed by atoms with E-state index in [1.54, 1.807) is 16.7 Å². The van der Waals surface area contributed by atoms with Crippen LogP contribution in [0.5, 0.6) is 0 Å². The summed E-state index contributed by atoms with van der Waals surface area (Å²) in [6.45, 7) is 0. The van der Waals surface area contributed by atoms with Crippen molar-refractivity contribution in [1.82, 2.24) is 14.8 Å². The topological polar surface area (TPSA) is 33.6 Å². The second-order valence-corrected chi connectivity index (χ2v) is 5.53. The molecular formula is C12H7ClFN3S2. The third kappa shape index (κ3) is 2.22. The maximum Gasteiger partial charge on any atom is 0.200 e. The molecule has 7 heteroatoms. The fraction of sp³-hybridized carbons (Fsp3) is 0. The Morgan fingerprint density at radius 2 is 2.21 bits per heavy atom. The maximum absolute atomic E-state index is 14.0. The van der Waals surface area contributed by atoms with Crippen molar-refractivity contribution in [1.29, 1.82) is 0 Å². The van der Waals surface area contributed by atoms with Crippen LogP contribution in [0.25, 0.3) is 16.4 Å². The Morgan fingerprint density at radius 1 is 1.37 bits per heavy atom. The van der Waals surface area contributed by atoms with Crippen LogP contribution in [0, 0.1) is 10.6 Å². The number of hydrogen-bond acceptors (Lipinski definition) is 3. The molecule has 0 fully saturated rings. The Hall–Kier alpha value is -1.50. The molecule has 1 N–H and O–H groups in total. The number of nitrogens with zero attached hydrogens (tertiary/aromatic N) is 2. The summed E-state index contributed by atoms with van der Waals surface area (Å²) in [6.07, 6.45) is 0. The molecule has 3 aromatic rings. The molecule has 96 valence electrons. The number of nitrogens with one attached hydrogen (secondary N) is 1. The smallest absolute Gasteiger partial charge is 0.200 e. The van der Waals surface area contributed by atoms with Gasteiger partial charge in [-0.15, -0.1) is 11.3 Å². The van der Waals surface area contributed by atoms with Gasteiger partial charge >= 0.3 is 0 Å². The number of benzene rings is 1. The van der Waals surface area contributed by atoms with Crippen molar-refractivity contribution in [2.45, 2.75) is 0 Å². The van der Waals surface area contributed by atoms with Crippen LogP contribution in [0.3, 0.4) is 0 Å². The van der Waals surface area contributed by atoms with Crippen molar-refractivity contribution in [3.63, 3.8) is 0 Å². The molecule has 0 aliphatic rings. The first-order valence-electron chi connectivity index (χ1n) is 5.33. The average molecular weight is 312 g/mol. The zero-order valence-corrected chi connectivity index (χ0v) is 11.8. The Kier molecular flexibility index (Phi) is 3.22. The van der Waals surface area contributed by atoms with Crippen LogP contribution in [0.15, 0.2) is 35.7 Å². The van der Waals surface area contributed by atoms with Gasteiger partial charge in [0.2, 0.25) is 0 Å². The molecule has 0 aliphatic carbocycles. The summed E-state index contributed by atoms with van der Waals surface area (Å²) in [4.78, 5) is 0.904. The number of halogens is 2. The van der Waals surface area contributed by atoms with Gasteiger partial charge in [0.25, 0.3) is 0 Å². The largest absolute Gasteiger partial charge is 0.264 e.